The zero-order valence-corrected chi connectivity index (χ0v) is 19.6. The molecule has 0 unspecified atom stereocenters. The number of anilines is 2. The average Bonchev–Trinajstić information content (AvgIpc) is 3.27. The molecule has 1 saturated heterocycles. The molecule has 1 aromatic carbocycles. The van der Waals surface area contributed by atoms with Crippen molar-refractivity contribution in [1.82, 2.24) is 20.2 Å². The van der Waals surface area contributed by atoms with Crippen LogP contribution in [-0.2, 0) is 17.6 Å². The summed E-state index contributed by atoms with van der Waals surface area (Å²) in [5.74, 6) is 0.825. The van der Waals surface area contributed by atoms with Gasteiger partial charge in [0.05, 0.1) is 12.1 Å². The molecule has 1 aliphatic heterocycles. The van der Waals surface area contributed by atoms with Crippen LogP contribution in [0.3, 0.4) is 0 Å². The predicted molar refractivity (Wildman–Crippen MR) is 131 cm³/mol. The van der Waals surface area contributed by atoms with Gasteiger partial charge in [-0.2, -0.15) is 0 Å². The number of hydrogen-bond donors (Lipinski definition) is 2. The van der Waals surface area contributed by atoms with E-state index in [9.17, 15) is 9.59 Å². The van der Waals surface area contributed by atoms with E-state index in [1.54, 1.807) is 16.5 Å². The Kier molecular flexibility index (Phi) is 7.74. The second-order valence-corrected chi connectivity index (χ2v) is 8.93. The standard InChI is InChI=1S/C23H25ClN6O2S/c24-18-6-4-17(5-7-18)8-10-26-21(31)15-19-16-33-22(27-19)28-23(32)30-13-11-29(12-14-30)20-3-1-2-9-25-20/h1-7,9,16H,8,10-15H2,(H,26,31)(H,27,28,32). The quantitative estimate of drug-likeness (QED) is 0.536. The normalized spacial score (nSPS) is 13.6. The van der Waals surface area contributed by atoms with E-state index < -0.39 is 0 Å². The Balaban J connectivity index is 1.19. The fourth-order valence-corrected chi connectivity index (χ4v) is 4.35. The third-order valence-corrected chi connectivity index (χ3v) is 6.36. The lowest BCUT2D eigenvalue weighted by atomic mass is 10.1. The maximum absolute atomic E-state index is 12.6. The number of pyridine rings is 1. The molecule has 3 heterocycles. The van der Waals surface area contributed by atoms with Crippen molar-refractivity contribution in [2.24, 2.45) is 0 Å². The van der Waals surface area contributed by atoms with Gasteiger partial charge in [-0.1, -0.05) is 29.8 Å². The summed E-state index contributed by atoms with van der Waals surface area (Å²) in [4.78, 5) is 37.5. The first kappa shape index (κ1) is 23.0. The third kappa shape index (κ3) is 6.66. The fraction of sp³-hybridized carbons (Fsp3) is 0.304. The molecule has 2 aromatic heterocycles. The topological polar surface area (TPSA) is 90.5 Å². The molecule has 4 rings (SSSR count). The van der Waals surface area contributed by atoms with E-state index >= 15 is 0 Å². The Hall–Kier alpha value is -3.17. The molecule has 3 amide bonds. The lowest BCUT2D eigenvalue weighted by molar-refractivity contribution is -0.120. The van der Waals surface area contributed by atoms with E-state index in [2.05, 4.69) is 25.5 Å². The number of urea groups is 1. The molecule has 8 nitrogen and oxygen atoms in total. The van der Waals surface area contributed by atoms with Crippen LogP contribution >= 0.6 is 22.9 Å². The molecule has 0 spiro atoms. The van der Waals surface area contributed by atoms with Crippen LogP contribution in [0.15, 0.2) is 54.0 Å². The van der Waals surface area contributed by atoms with E-state index in [0.717, 1.165) is 30.9 Å². The first-order chi connectivity index (χ1) is 16.1. The number of piperazine rings is 1. The Labute approximate surface area is 201 Å². The van der Waals surface area contributed by atoms with E-state index in [1.165, 1.54) is 11.3 Å². The van der Waals surface area contributed by atoms with Crippen LogP contribution < -0.4 is 15.5 Å². The van der Waals surface area contributed by atoms with Crippen molar-refractivity contribution >= 4 is 45.8 Å². The van der Waals surface area contributed by atoms with Gasteiger partial charge in [0.25, 0.3) is 0 Å². The van der Waals surface area contributed by atoms with Crippen LogP contribution in [0.2, 0.25) is 5.02 Å². The Bertz CT molecular complexity index is 1070. The van der Waals surface area contributed by atoms with E-state index in [4.69, 9.17) is 11.6 Å². The largest absolute Gasteiger partial charge is 0.355 e. The zero-order chi connectivity index (χ0) is 23.0. The van der Waals surface area contributed by atoms with Crippen molar-refractivity contribution in [3.05, 3.63) is 70.3 Å². The number of carbonyl (C=O) groups is 2. The second kappa shape index (κ2) is 11.1. The highest BCUT2D eigenvalue weighted by molar-refractivity contribution is 7.13. The first-order valence-electron chi connectivity index (χ1n) is 10.7. The Morgan fingerprint density at radius 3 is 2.58 bits per heavy atom. The van der Waals surface area contributed by atoms with Gasteiger partial charge in [0.15, 0.2) is 5.13 Å². The van der Waals surface area contributed by atoms with Crippen molar-refractivity contribution in [1.29, 1.82) is 0 Å². The SMILES string of the molecule is O=C(Cc1csc(NC(=O)N2CCN(c3ccccn3)CC2)n1)NCCc1ccc(Cl)cc1. The van der Waals surface area contributed by atoms with Gasteiger partial charge in [0.1, 0.15) is 5.82 Å². The number of hydrogen-bond acceptors (Lipinski definition) is 6. The summed E-state index contributed by atoms with van der Waals surface area (Å²) in [7, 11) is 0. The third-order valence-electron chi connectivity index (χ3n) is 5.30. The van der Waals surface area contributed by atoms with Crippen LogP contribution in [0.25, 0.3) is 0 Å². The molecule has 172 valence electrons. The van der Waals surface area contributed by atoms with Crippen molar-refractivity contribution in [2.45, 2.75) is 12.8 Å². The number of nitrogens with one attached hydrogen (secondary N) is 2. The minimum atomic E-state index is -0.177. The molecule has 0 aliphatic carbocycles. The zero-order valence-electron chi connectivity index (χ0n) is 18.0. The van der Waals surface area contributed by atoms with Gasteiger partial charge in [-0.15, -0.1) is 11.3 Å². The van der Waals surface area contributed by atoms with Gasteiger partial charge < -0.3 is 15.1 Å². The molecular weight excluding hydrogens is 460 g/mol. The van der Waals surface area contributed by atoms with Gasteiger partial charge in [0.2, 0.25) is 5.91 Å². The number of halogens is 1. The molecular formula is C23H25ClN6O2S. The lowest BCUT2D eigenvalue weighted by Gasteiger charge is -2.35. The average molecular weight is 485 g/mol. The van der Waals surface area contributed by atoms with Crippen molar-refractivity contribution in [3.8, 4) is 0 Å². The highest BCUT2D eigenvalue weighted by atomic mass is 35.5. The molecule has 10 heteroatoms. The predicted octanol–water partition coefficient (Wildman–Crippen LogP) is 3.45. The van der Waals surface area contributed by atoms with Crippen LogP contribution in [-0.4, -0.2) is 59.5 Å². The van der Waals surface area contributed by atoms with Crippen LogP contribution in [0, 0.1) is 0 Å². The maximum atomic E-state index is 12.6. The van der Waals surface area contributed by atoms with Crippen LogP contribution in [0.1, 0.15) is 11.3 Å². The summed E-state index contributed by atoms with van der Waals surface area (Å²) < 4.78 is 0. The second-order valence-electron chi connectivity index (χ2n) is 7.64. The highest BCUT2D eigenvalue weighted by Crippen LogP contribution is 2.18. The molecule has 3 aromatic rings. The van der Waals surface area contributed by atoms with Crippen LogP contribution in [0.5, 0.6) is 0 Å². The summed E-state index contributed by atoms with van der Waals surface area (Å²) in [5, 5.41) is 8.74. The number of nitrogens with zero attached hydrogens (tertiary/aromatic N) is 4. The minimum absolute atomic E-state index is 0.0993. The molecule has 0 bridgehead atoms. The number of thiazole rings is 1. The van der Waals surface area contributed by atoms with E-state index in [0.29, 0.717) is 35.5 Å². The van der Waals surface area contributed by atoms with Crippen molar-refractivity contribution < 1.29 is 9.59 Å². The summed E-state index contributed by atoms with van der Waals surface area (Å²) in [6.07, 6.45) is 2.68. The molecule has 0 radical (unpaired) electrons. The first-order valence-corrected chi connectivity index (χ1v) is 12.0. The Morgan fingerprint density at radius 1 is 1.06 bits per heavy atom. The molecule has 1 aliphatic rings. The number of amides is 3. The smallest absolute Gasteiger partial charge is 0.323 e. The molecule has 1 fully saturated rings. The molecule has 33 heavy (non-hydrogen) atoms. The monoisotopic (exact) mass is 484 g/mol. The molecule has 0 saturated carbocycles. The van der Waals surface area contributed by atoms with Gasteiger partial charge in [0, 0.05) is 49.3 Å². The van der Waals surface area contributed by atoms with Gasteiger partial charge in [-0.25, -0.2) is 14.8 Å². The lowest BCUT2D eigenvalue weighted by Crippen LogP contribution is -2.50. The van der Waals surface area contributed by atoms with E-state index in [1.807, 2.05) is 42.5 Å². The van der Waals surface area contributed by atoms with Crippen molar-refractivity contribution in [3.63, 3.8) is 0 Å². The van der Waals surface area contributed by atoms with Crippen molar-refractivity contribution in [2.75, 3.05) is 42.9 Å². The highest BCUT2D eigenvalue weighted by Gasteiger charge is 2.22. The van der Waals surface area contributed by atoms with Crippen LogP contribution in [0.4, 0.5) is 15.7 Å². The number of aromatic nitrogens is 2. The van der Waals surface area contributed by atoms with Gasteiger partial charge >= 0.3 is 6.03 Å². The Morgan fingerprint density at radius 2 is 1.85 bits per heavy atom. The minimum Gasteiger partial charge on any atom is -0.355 e. The maximum Gasteiger partial charge on any atom is 0.323 e. The van der Waals surface area contributed by atoms with Gasteiger partial charge in [-0.3, -0.25) is 10.1 Å². The van der Waals surface area contributed by atoms with Gasteiger partial charge in [-0.05, 0) is 36.2 Å². The molecule has 2 N–H and O–H groups in total. The number of benzene rings is 1. The summed E-state index contributed by atoms with van der Waals surface area (Å²) in [5.41, 5.74) is 1.75. The molecule has 0 atom stereocenters. The van der Waals surface area contributed by atoms with E-state index in [-0.39, 0.29) is 18.4 Å². The summed E-state index contributed by atoms with van der Waals surface area (Å²) >= 11 is 7.20. The fourth-order valence-electron chi connectivity index (χ4n) is 3.52. The number of carbonyl (C=O) groups excluding carboxylic acids is 2. The number of rotatable bonds is 7. The summed E-state index contributed by atoms with van der Waals surface area (Å²) in [6.45, 7) is 3.21. The summed E-state index contributed by atoms with van der Waals surface area (Å²) in [6, 6.07) is 13.2.